The predicted octanol–water partition coefficient (Wildman–Crippen LogP) is 3.31. The molecule has 19 heavy (non-hydrogen) atoms. The Kier molecular flexibility index (Phi) is 4.13. The van der Waals surface area contributed by atoms with Gasteiger partial charge in [-0.1, -0.05) is 36.4 Å². The van der Waals surface area contributed by atoms with Crippen molar-refractivity contribution in [2.45, 2.75) is 13.0 Å². The van der Waals surface area contributed by atoms with Gasteiger partial charge >= 0.3 is 0 Å². The van der Waals surface area contributed by atoms with Crippen LogP contribution in [0.2, 0.25) is 0 Å². The van der Waals surface area contributed by atoms with Crippen LogP contribution in [0, 0.1) is 5.82 Å². The molecule has 1 atom stereocenters. The van der Waals surface area contributed by atoms with Crippen LogP contribution in [0.15, 0.2) is 59.6 Å². The number of guanidine groups is 1. The second-order valence-corrected chi connectivity index (χ2v) is 4.20. The van der Waals surface area contributed by atoms with Crippen LogP contribution in [-0.4, -0.2) is 5.96 Å². The number of anilines is 1. The summed E-state index contributed by atoms with van der Waals surface area (Å²) in [5.74, 6) is -0.00628. The molecule has 2 rings (SSSR count). The normalized spacial score (nSPS) is 13.1. The second-order valence-electron chi connectivity index (χ2n) is 4.20. The summed E-state index contributed by atoms with van der Waals surface area (Å²) in [5.41, 5.74) is 7.19. The standard InChI is InChI=1S/C15H16FN3/c1-11(13-9-5-6-10-14(13)16)18-15(17)19-12-7-3-2-4-8-12/h2-11H,1H3,(H3,17,18,19). The highest BCUT2D eigenvalue weighted by atomic mass is 19.1. The van der Waals surface area contributed by atoms with E-state index in [0.29, 0.717) is 5.56 Å². The van der Waals surface area contributed by atoms with E-state index in [1.54, 1.807) is 25.1 Å². The molecule has 4 heteroatoms. The molecule has 0 aliphatic rings. The number of hydrogen-bond donors (Lipinski definition) is 2. The molecule has 3 N–H and O–H groups in total. The molecule has 0 spiro atoms. The van der Waals surface area contributed by atoms with Gasteiger partial charge in [0.25, 0.3) is 0 Å². The van der Waals surface area contributed by atoms with E-state index in [2.05, 4.69) is 10.3 Å². The van der Waals surface area contributed by atoms with E-state index < -0.39 is 0 Å². The summed E-state index contributed by atoms with van der Waals surface area (Å²) < 4.78 is 13.6. The van der Waals surface area contributed by atoms with Crippen LogP contribution in [0.4, 0.5) is 10.1 Å². The first-order valence-electron chi connectivity index (χ1n) is 6.06. The third kappa shape index (κ3) is 3.55. The maximum absolute atomic E-state index is 13.6. The largest absolute Gasteiger partial charge is 0.370 e. The number of nitrogens with one attached hydrogen (secondary N) is 1. The summed E-state index contributed by atoms with van der Waals surface area (Å²) in [6.07, 6.45) is 0. The molecule has 2 aromatic carbocycles. The third-order valence-corrected chi connectivity index (χ3v) is 2.73. The zero-order valence-corrected chi connectivity index (χ0v) is 10.7. The molecular formula is C15H16FN3. The molecule has 0 aromatic heterocycles. The van der Waals surface area contributed by atoms with Crippen molar-refractivity contribution >= 4 is 11.6 Å². The van der Waals surface area contributed by atoms with Gasteiger partial charge in [-0.15, -0.1) is 0 Å². The first kappa shape index (κ1) is 13.1. The lowest BCUT2D eigenvalue weighted by Crippen LogP contribution is -2.23. The Hall–Kier alpha value is -2.36. The van der Waals surface area contributed by atoms with Crippen molar-refractivity contribution < 1.29 is 4.39 Å². The maximum Gasteiger partial charge on any atom is 0.193 e. The Balaban J connectivity index is 2.11. The maximum atomic E-state index is 13.6. The number of halogens is 1. The Bertz CT molecular complexity index is 567. The Morgan fingerprint density at radius 2 is 1.74 bits per heavy atom. The molecule has 0 radical (unpaired) electrons. The lowest BCUT2D eigenvalue weighted by atomic mass is 10.1. The van der Waals surface area contributed by atoms with E-state index in [0.717, 1.165) is 5.69 Å². The minimum Gasteiger partial charge on any atom is -0.370 e. The highest BCUT2D eigenvalue weighted by Gasteiger charge is 2.09. The van der Waals surface area contributed by atoms with E-state index in [1.807, 2.05) is 30.3 Å². The average Bonchev–Trinajstić information content (AvgIpc) is 2.40. The molecule has 0 bridgehead atoms. The molecular weight excluding hydrogens is 241 g/mol. The summed E-state index contributed by atoms with van der Waals surface area (Å²) in [7, 11) is 0. The van der Waals surface area contributed by atoms with Crippen LogP contribution in [0.1, 0.15) is 18.5 Å². The molecule has 3 nitrogen and oxygen atoms in total. The van der Waals surface area contributed by atoms with Gasteiger partial charge in [-0.2, -0.15) is 0 Å². The lowest BCUT2D eigenvalue weighted by Gasteiger charge is -2.11. The zero-order valence-electron chi connectivity index (χ0n) is 10.7. The molecule has 0 heterocycles. The summed E-state index contributed by atoms with van der Waals surface area (Å²) in [4.78, 5) is 4.25. The first-order chi connectivity index (χ1) is 9.16. The molecule has 0 saturated carbocycles. The second kappa shape index (κ2) is 6.00. The van der Waals surface area contributed by atoms with Crippen molar-refractivity contribution in [3.63, 3.8) is 0 Å². The number of nitrogens with two attached hydrogens (primary N) is 1. The van der Waals surface area contributed by atoms with Crippen LogP contribution in [0.5, 0.6) is 0 Å². The van der Waals surface area contributed by atoms with Crippen LogP contribution in [0.25, 0.3) is 0 Å². The molecule has 98 valence electrons. The van der Waals surface area contributed by atoms with E-state index in [1.165, 1.54) is 6.07 Å². The highest BCUT2D eigenvalue weighted by molar-refractivity contribution is 5.92. The monoisotopic (exact) mass is 257 g/mol. The highest BCUT2D eigenvalue weighted by Crippen LogP contribution is 2.19. The number of benzene rings is 2. The van der Waals surface area contributed by atoms with Crippen molar-refractivity contribution in [1.82, 2.24) is 0 Å². The topological polar surface area (TPSA) is 50.4 Å². The van der Waals surface area contributed by atoms with Gasteiger partial charge in [0.05, 0.1) is 6.04 Å². The van der Waals surface area contributed by atoms with Gasteiger partial charge in [0, 0.05) is 11.3 Å². The van der Waals surface area contributed by atoms with Gasteiger partial charge in [0.15, 0.2) is 5.96 Å². The van der Waals surface area contributed by atoms with Gasteiger partial charge in [-0.3, -0.25) is 0 Å². The third-order valence-electron chi connectivity index (χ3n) is 2.73. The number of para-hydroxylation sites is 1. The summed E-state index contributed by atoms with van der Waals surface area (Å²) in [6.45, 7) is 1.80. The van der Waals surface area contributed by atoms with Crippen molar-refractivity contribution in [3.05, 3.63) is 66.0 Å². The predicted molar refractivity (Wildman–Crippen MR) is 76.5 cm³/mol. The van der Waals surface area contributed by atoms with Crippen molar-refractivity contribution in [3.8, 4) is 0 Å². The fourth-order valence-electron chi connectivity index (χ4n) is 1.79. The SMILES string of the molecule is CC(N=C(N)Nc1ccccc1)c1ccccc1F. The molecule has 0 saturated heterocycles. The number of aliphatic imine (C=N–C) groups is 1. The van der Waals surface area contributed by atoms with Crippen LogP contribution in [-0.2, 0) is 0 Å². The van der Waals surface area contributed by atoms with E-state index in [9.17, 15) is 4.39 Å². The summed E-state index contributed by atoms with van der Waals surface area (Å²) in [6, 6.07) is 15.7. The minimum atomic E-state index is -0.336. The molecule has 0 amide bonds. The smallest absolute Gasteiger partial charge is 0.193 e. The van der Waals surface area contributed by atoms with Gasteiger partial charge < -0.3 is 11.1 Å². The molecule has 2 aromatic rings. The van der Waals surface area contributed by atoms with Gasteiger partial charge in [0.2, 0.25) is 0 Å². The molecule has 0 aliphatic carbocycles. The van der Waals surface area contributed by atoms with E-state index in [-0.39, 0.29) is 17.8 Å². The van der Waals surface area contributed by atoms with Gasteiger partial charge in [0.1, 0.15) is 5.82 Å². The summed E-state index contributed by atoms with van der Waals surface area (Å²) >= 11 is 0. The molecule has 0 aliphatic heterocycles. The van der Waals surface area contributed by atoms with Crippen molar-refractivity contribution in [2.75, 3.05) is 5.32 Å². The molecule has 1 unspecified atom stereocenters. The van der Waals surface area contributed by atoms with Crippen LogP contribution in [0.3, 0.4) is 0 Å². The summed E-state index contributed by atoms with van der Waals surface area (Å²) in [5, 5.41) is 2.97. The fourth-order valence-corrected chi connectivity index (χ4v) is 1.79. The quantitative estimate of drug-likeness (QED) is 0.654. The molecule has 0 fully saturated rings. The number of nitrogens with zero attached hydrogens (tertiary/aromatic N) is 1. The Morgan fingerprint density at radius 1 is 1.11 bits per heavy atom. The van der Waals surface area contributed by atoms with Crippen LogP contribution >= 0.6 is 0 Å². The minimum absolute atomic E-state index is 0.266. The van der Waals surface area contributed by atoms with Gasteiger partial charge in [-0.25, -0.2) is 9.38 Å². The van der Waals surface area contributed by atoms with Gasteiger partial charge in [-0.05, 0) is 25.1 Å². The van der Waals surface area contributed by atoms with Crippen molar-refractivity contribution in [1.29, 1.82) is 0 Å². The van der Waals surface area contributed by atoms with E-state index >= 15 is 0 Å². The number of hydrogen-bond acceptors (Lipinski definition) is 1. The van der Waals surface area contributed by atoms with E-state index in [4.69, 9.17) is 5.73 Å². The van der Waals surface area contributed by atoms with Crippen molar-refractivity contribution in [2.24, 2.45) is 10.7 Å². The van der Waals surface area contributed by atoms with Crippen LogP contribution < -0.4 is 11.1 Å². The zero-order chi connectivity index (χ0) is 13.7. The Labute approximate surface area is 112 Å². The Morgan fingerprint density at radius 3 is 2.42 bits per heavy atom. The number of rotatable bonds is 3. The average molecular weight is 257 g/mol. The first-order valence-corrected chi connectivity index (χ1v) is 6.06. The lowest BCUT2D eigenvalue weighted by molar-refractivity contribution is 0.594. The fraction of sp³-hybridized carbons (Fsp3) is 0.133.